The summed E-state index contributed by atoms with van der Waals surface area (Å²) in [7, 11) is 1.57. The smallest absolute Gasteiger partial charge is 0.253 e. The molecular formula is C32H36N10O4. The SMILES string of the molecule is COc1cc(C(=O)N2CCC(N3CCOCC3)CC2)ccc1Nc1ncc(-c2ccc(C#N)c(OC(C)Cn3cnnn3)c2)cn1. The first-order valence-electron chi connectivity index (χ1n) is 15.3. The van der Waals surface area contributed by atoms with E-state index in [1.807, 2.05) is 24.0 Å². The van der Waals surface area contributed by atoms with Crippen molar-refractivity contribution in [1.82, 2.24) is 40.0 Å². The van der Waals surface area contributed by atoms with Gasteiger partial charge in [-0.15, -0.1) is 5.10 Å². The number of morpholine rings is 1. The number of hydrogen-bond acceptors (Lipinski definition) is 12. The lowest BCUT2D eigenvalue weighted by molar-refractivity contribution is 0.00159. The molecule has 14 nitrogen and oxygen atoms in total. The summed E-state index contributed by atoms with van der Waals surface area (Å²) in [5.74, 6) is 1.34. The van der Waals surface area contributed by atoms with Crippen LogP contribution in [0.15, 0.2) is 55.1 Å². The molecule has 6 rings (SSSR count). The van der Waals surface area contributed by atoms with Crippen LogP contribution >= 0.6 is 0 Å². The molecule has 2 aromatic heterocycles. The number of nitrogens with zero attached hydrogens (tertiary/aromatic N) is 9. The van der Waals surface area contributed by atoms with Crippen molar-refractivity contribution >= 4 is 17.5 Å². The third-order valence-corrected chi connectivity index (χ3v) is 8.26. The van der Waals surface area contributed by atoms with Gasteiger partial charge in [0.05, 0.1) is 38.1 Å². The summed E-state index contributed by atoms with van der Waals surface area (Å²) in [6, 6.07) is 13.4. The fraction of sp³-hybridized carbons (Fsp3) is 0.406. The molecule has 2 saturated heterocycles. The molecule has 0 aliphatic carbocycles. The lowest BCUT2D eigenvalue weighted by Crippen LogP contribution is -2.50. The molecule has 238 valence electrons. The molecule has 0 saturated carbocycles. The monoisotopic (exact) mass is 624 g/mol. The van der Waals surface area contributed by atoms with Gasteiger partial charge in [0.25, 0.3) is 5.91 Å². The molecule has 2 aliphatic heterocycles. The Morgan fingerprint density at radius 1 is 1.07 bits per heavy atom. The van der Waals surface area contributed by atoms with Crippen molar-refractivity contribution in [3.05, 3.63) is 66.2 Å². The third kappa shape index (κ3) is 7.22. The van der Waals surface area contributed by atoms with E-state index in [1.54, 1.807) is 48.5 Å². The number of hydrogen-bond donors (Lipinski definition) is 1. The zero-order valence-corrected chi connectivity index (χ0v) is 25.9. The standard InChI is InChI=1S/C32H36N10O4/c1-22(20-42-21-36-38-39-42)46-29-15-23(3-4-25(29)17-33)26-18-34-32(35-19-26)37-28-6-5-24(16-30(28)44-2)31(43)41-9-7-27(8-10-41)40-11-13-45-14-12-40/h3-6,15-16,18-19,21-22,27H,7-14,20H2,1-2H3,(H,34,35,37). The predicted octanol–water partition coefficient (Wildman–Crippen LogP) is 3.16. The number of piperidine rings is 1. The van der Waals surface area contributed by atoms with E-state index in [-0.39, 0.29) is 12.0 Å². The van der Waals surface area contributed by atoms with Crippen LogP contribution in [0.1, 0.15) is 35.7 Å². The first kappa shape index (κ1) is 30.9. The molecule has 1 atom stereocenters. The van der Waals surface area contributed by atoms with Crippen LogP contribution in [0.3, 0.4) is 0 Å². The van der Waals surface area contributed by atoms with E-state index in [0.29, 0.717) is 46.8 Å². The minimum absolute atomic E-state index is 0.00134. The third-order valence-electron chi connectivity index (χ3n) is 8.26. The summed E-state index contributed by atoms with van der Waals surface area (Å²) in [5.41, 5.74) is 3.18. The lowest BCUT2D eigenvalue weighted by atomic mass is 10.0. The highest BCUT2D eigenvalue weighted by Gasteiger charge is 2.28. The predicted molar refractivity (Wildman–Crippen MR) is 168 cm³/mol. The highest BCUT2D eigenvalue weighted by molar-refractivity contribution is 5.95. The molecule has 0 bridgehead atoms. The van der Waals surface area contributed by atoms with Crippen molar-refractivity contribution in [3.8, 4) is 28.7 Å². The van der Waals surface area contributed by atoms with Crippen LogP contribution in [-0.2, 0) is 11.3 Å². The Kier molecular flexibility index (Phi) is 9.61. The molecule has 4 aromatic rings. The van der Waals surface area contributed by atoms with Gasteiger partial charge in [0.15, 0.2) is 0 Å². The molecule has 2 fully saturated rings. The Balaban J connectivity index is 1.09. The van der Waals surface area contributed by atoms with Crippen LogP contribution in [0.25, 0.3) is 11.1 Å². The van der Waals surface area contributed by atoms with E-state index in [2.05, 4.69) is 41.8 Å². The summed E-state index contributed by atoms with van der Waals surface area (Å²) in [6.07, 6.45) is 6.54. The van der Waals surface area contributed by atoms with Crippen LogP contribution < -0.4 is 14.8 Å². The van der Waals surface area contributed by atoms with Gasteiger partial charge in [0.2, 0.25) is 5.95 Å². The highest BCUT2D eigenvalue weighted by atomic mass is 16.5. The number of methoxy groups -OCH3 is 1. The first-order valence-corrected chi connectivity index (χ1v) is 15.3. The zero-order chi connectivity index (χ0) is 31.9. The number of nitrogens with one attached hydrogen (secondary N) is 1. The van der Waals surface area contributed by atoms with Gasteiger partial charge in [0, 0.05) is 55.7 Å². The van der Waals surface area contributed by atoms with Gasteiger partial charge < -0.3 is 24.4 Å². The van der Waals surface area contributed by atoms with Crippen LogP contribution in [0.4, 0.5) is 11.6 Å². The zero-order valence-electron chi connectivity index (χ0n) is 25.9. The molecule has 14 heteroatoms. The fourth-order valence-electron chi connectivity index (χ4n) is 5.82. The molecule has 2 aromatic carbocycles. The number of tetrazole rings is 1. The number of carbonyl (C=O) groups excluding carboxylic acids is 1. The average Bonchev–Trinajstić information content (AvgIpc) is 3.62. The number of ether oxygens (including phenoxy) is 3. The normalized spacial score (nSPS) is 16.4. The van der Waals surface area contributed by atoms with E-state index in [9.17, 15) is 10.1 Å². The van der Waals surface area contributed by atoms with Crippen LogP contribution in [0.5, 0.6) is 11.5 Å². The number of rotatable bonds is 10. The molecule has 1 amide bonds. The van der Waals surface area contributed by atoms with Crippen LogP contribution in [0.2, 0.25) is 0 Å². The van der Waals surface area contributed by atoms with E-state index in [1.165, 1.54) is 6.33 Å². The number of nitriles is 1. The van der Waals surface area contributed by atoms with Crippen molar-refractivity contribution < 1.29 is 19.0 Å². The molecule has 0 radical (unpaired) electrons. The van der Waals surface area contributed by atoms with Crippen molar-refractivity contribution in [3.63, 3.8) is 0 Å². The largest absolute Gasteiger partial charge is 0.495 e. The number of carbonyl (C=O) groups is 1. The van der Waals surface area contributed by atoms with Gasteiger partial charge in [-0.3, -0.25) is 9.69 Å². The second-order valence-corrected chi connectivity index (χ2v) is 11.3. The number of benzene rings is 2. The summed E-state index contributed by atoms with van der Waals surface area (Å²) in [5, 5.41) is 23.9. The first-order chi connectivity index (χ1) is 22.5. The minimum Gasteiger partial charge on any atom is -0.495 e. The average molecular weight is 625 g/mol. The topological polar surface area (TPSA) is 156 Å². The van der Waals surface area contributed by atoms with Crippen molar-refractivity contribution in [2.24, 2.45) is 0 Å². The summed E-state index contributed by atoms with van der Waals surface area (Å²) >= 11 is 0. The van der Waals surface area contributed by atoms with Gasteiger partial charge in [-0.25, -0.2) is 14.6 Å². The highest BCUT2D eigenvalue weighted by Crippen LogP contribution is 2.31. The van der Waals surface area contributed by atoms with Gasteiger partial charge in [0.1, 0.15) is 30.0 Å². The Hall–Kier alpha value is -5.13. The van der Waals surface area contributed by atoms with Crippen LogP contribution in [-0.4, -0.2) is 105 Å². The van der Waals surface area contributed by atoms with Crippen molar-refractivity contribution in [2.75, 3.05) is 51.8 Å². The molecule has 2 aliphatic rings. The van der Waals surface area contributed by atoms with Crippen LogP contribution in [0, 0.1) is 11.3 Å². The Labute approximate surface area is 266 Å². The van der Waals surface area contributed by atoms with Gasteiger partial charge in [-0.2, -0.15) is 5.26 Å². The Morgan fingerprint density at radius 2 is 1.85 bits per heavy atom. The summed E-state index contributed by atoms with van der Waals surface area (Å²) in [4.78, 5) is 26.7. The molecule has 1 unspecified atom stereocenters. The second-order valence-electron chi connectivity index (χ2n) is 11.3. The maximum atomic E-state index is 13.3. The molecule has 46 heavy (non-hydrogen) atoms. The number of aromatic nitrogens is 6. The Bertz CT molecular complexity index is 1660. The van der Waals surface area contributed by atoms with Crippen molar-refractivity contribution in [2.45, 2.75) is 38.5 Å². The van der Waals surface area contributed by atoms with Gasteiger partial charge in [-0.1, -0.05) is 6.07 Å². The summed E-state index contributed by atoms with van der Waals surface area (Å²) in [6.45, 7) is 7.27. The molecule has 4 heterocycles. The number of amides is 1. The van der Waals surface area contributed by atoms with E-state index in [0.717, 1.165) is 63.4 Å². The molecular weight excluding hydrogens is 588 g/mol. The fourth-order valence-corrected chi connectivity index (χ4v) is 5.82. The quantitative estimate of drug-likeness (QED) is 0.275. The second kappa shape index (κ2) is 14.3. The summed E-state index contributed by atoms with van der Waals surface area (Å²) < 4.78 is 18.7. The van der Waals surface area contributed by atoms with Gasteiger partial charge in [-0.05, 0) is 66.1 Å². The number of likely N-dealkylation sites (tertiary alicyclic amines) is 1. The van der Waals surface area contributed by atoms with E-state index < -0.39 is 0 Å². The molecule has 0 spiro atoms. The maximum Gasteiger partial charge on any atom is 0.253 e. The van der Waals surface area contributed by atoms with E-state index in [4.69, 9.17) is 14.2 Å². The Morgan fingerprint density at radius 3 is 2.54 bits per heavy atom. The maximum absolute atomic E-state index is 13.3. The van der Waals surface area contributed by atoms with Crippen molar-refractivity contribution in [1.29, 1.82) is 5.26 Å². The minimum atomic E-state index is -0.280. The molecule has 1 N–H and O–H groups in total. The lowest BCUT2D eigenvalue weighted by Gasteiger charge is -2.40. The van der Waals surface area contributed by atoms with Gasteiger partial charge >= 0.3 is 0 Å². The number of anilines is 2. The van der Waals surface area contributed by atoms with E-state index >= 15 is 0 Å².